The lowest BCUT2D eigenvalue weighted by Gasteiger charge is -2.17. The molecule has 0 bridgehead atoms. The van der Waals surface area contributed by atoms with Gasteiger partial charge in [-0.15, -0.1) is 0 Å². The third-order valence-corrected chi connectivity index (χ3v) is 3.11. The van der Waals surface area contributed by atoms with Crippen molar-refractivity contribution in [3.8, 4) is 5.75 Å². The molecule has 1 aromatic carbocycles. The Kier molecular flexibility index (Phi) is 3.93. The number of methoxy groups -OCH3 is 1. The maximum absolute atomic E-state index is 12.3. The Morgan fingerprint density at radius 2 is 2.05 bits per heavy atom. The second kappa shape index (κ2) is 5.64. The van der Waals surface area contributed by atoms with E-state index in [4.69, 9.17) is 10.5 Å². The molecule has 0 atom stereocenters. The molecule has 6 heteroatoms. The van der Waals surface area contributed by atoms with Gasteiger partial charge in [0.15, 0.2) is 5.82 Å². The van der Waals surface area contributed by atoms with Crippen molar-refractivity contribution in [2.24, 2.45) is 0 Å². The third kappa shape index (κ3) is 2.74. The van der Waals surface area contributed by atoms with Gasteiger partial charge in [0, 0.05) is 19.3 Å². The molecule has 0 spiro atoms. The molecule has 1 amide bonds. The molecule has 0 aliphatic rings. The summed E-state index contributed by atoms with van der Waals surface area (Å²) in [6, 6.07) is 7.58. The van der Waals surface area contributed by atoms with Gasteiger partial charge >= 0.3 is 0 Å². The van der Waals surface area contributed by atoms with E-state index in [1.165, 1.54) is 0 Å². The zero-order valence-electron chi connectivity index (χ0n) is 11.8. The number of amides is 1. The summed E-state index contributed by atoms with van der Waals surface area (Å²) in [5, 5.41) is 6.55. The lowest BCUT2D eigenvalue weighted by atomic mass is 10.1. The number of nitrogens with two attached hydrogens (primary N) is 1. The predicted molar refractivity (Wildman–Crippen MR) is 76.5 cm³/mol. The zero-order chi connectivity index (χ0) is 14.7. The fraction of sp³-hybridized carbons (Fsp3) is 0.286. The van der Waals surface area contributed by atoms with Crippen molar-refractivity contribution in [2.75, 3.05) is 19.9 Å². The molecular weight excluding hydrogens is 256 g/mol. The highest BCUT2D eigenvalue weighted by Crippen LogP contribution is 2.17. The minimum absolute atomic E-state index is 0.149. The number of aryl methyl sites for hydroxylation is 1. The van der Waals surface area contributed by atoms with Gasteiger partial charge in [-0.2, -0.15) is 5.10 Å². The summed E-state index contributed by atoms with van der Waals surface area (Å²) in [4.78, 5) is 13.9. The van der Waals surface area contributed by atoms with Gasteiger partial charge < -0.3 is 15.4 Å². The molecule has 0 unspecified atom stereocenters. The number of aromatic amines is 1. The van der Waals surface area contributed by atoms with Crippen molar-refractivity contribution in [1.82, 2.24) is 15.1 Å². The summed E-state index contributed by atoms with van der Waals surface area (Å²) in [7, 11) is 3.35. The normalized spacial score (nSPS) is 10.3. The van der Waals surface area contributed by atoms with Gasteiger partial charge in [-0.1, -0.05) is 12.1 Å². The number of nitrogens with zero attached hydrogens (tertiary/aromatic N) is 2. The standard InChI is InChI=1S/C14H18N4O2/c1-9-12(13(15)17-16-9)14(19)18(2)8-10-4-6-11(20-3)7-5-10/h4-7H,8H2,1-3H3,(H3,15,16,17). The first-order chi connectivity index (χ1) is 9.52. The summed E-state index contributed by atoms with van der Waals surface area (Å²) in [5.74, 6) is 0.872. The lowest BCUT2D eigenvalue weighted by Crippen LogP contribution is -2.27. The first-order valence-electron chi connectivity index (χ1n) is 6.21. The first kappa shape index (κ1) is 13.9. The number of aromatic nitrogens is 2. The highest BCUT2D eigenvalue weighted by molar-refractivity contribution is 5.99. The molecule has 3 N–H and O–H groups in total. The van der Waals surface area contributed by atoms with Crippen molar-refractivity contribution in [1.29, 1.82) is 0 Å². The molecule has 0 radical (unpaired) electrons. The molecule has 1 aromatic heterocycles. The predicted octanol–water partition coefficient (Wildman–Crippen LogP) is 1.58. The number of carbonyl (C=O) groups excluding carboxylic acids is 1. The van der Waals surface area contributed by atoms with Gasteiger partial charge in [0.05, 0.1) is 7.11 Å². The van der Waals surface area contributed by atoms with Crippen molar-refractivity contribution in [3.05, 3.63) is 41.1 Å². The van der Waals surface area contributed by atoms with E-state index >= 15 is 0 Å². The van der Waals surface area contributed by atoms with Crippen LogP contribution in [0, 0.1) is 6.92 Å². The topological polar surface area (TPSA) is 84.2 Å². The van der Waals surface area contributed by atoms with Crippen LogP contribution in [-0.2, 0) is 6.54 Å². The fourth-order valence-corrected chi connectivity index (χ4v) is 1.99. The average molecular weight is 274 g/mol. The van der Waals surface area contributed by atoms with Crippen LogP contribution in [0.15, 0.2) is 24.3 Å². The summed E-state index contributed by atoms with van der Waals surface area (Å²) in [6.07, 6.45) is 0. The molecule has 1 heterocycles. The summed E-state index contributed by atoms with van der Waals surface area (Å²) >= 11 is 0. The number of hydrogen-bond donors (Lipinski definition) is 2. The van der Waals surface area contributed by atoms with Crippen LogP contribution in [0.4, 0.5) is 5.82 Å². The Labute approximate surface area is 117 Å². The summed E-state index contributed by atoms with van der Waals surface area (Å²) in [6.45, 7) is 2.27. The van der Waals surface area contributed by atoms with Crippen LogP contribution in [-0.4, -0.2) is 35.2 Å². The third-order valence-electron chi connectivity index (χ3n) is 3.11. The molecule has 6 nitrogen and oxygen atoms in total. The van der Waals surface area contributed by atoms with E-state index in [0.29, 0.717) is 17.8 Å². The number of rotatable bonds is 4. The number of benzene rings is 1. The van der Waals surface area contributed by atoms with E-state index < -0.39 is 0 Å². The number of ether oxygens (including phenoxy) is 1. The number of nitrogen functional groups attached to an aromatic ring is 1. The Morgan fingerprint density at radius 3 is 2.55 bits per heavy atom. The second-order valence-electron chi connectivity index (χ2n) is 4.62. The average Bonchev–Trinajstić information content (AvgIpc) is 2.78. The highest BCUT2D eigenvalue weighted by atomic mass is 16.5. The van der Waals surface area contributed by atoms with Crippen LogP contribution in [0.3, 0.4) is 0 Å². The largest absolute Gasteiger partial charge is 0.497 e. The van der Waals surface area contributed by atoms with Crippen LogP contribution in [0.25, 0.3) is 0 Å². The number of carbonyl (C=O) groups is 1. The Morgan fingerprint density at radius 1 is 1.40 bits per heavy atom. The molecule has 0 aliphatic carbocycles. The highest BCUT2D eigenvalue weighted by Gasteiger charge is 2.19. The van der Waals surface area contributed by atoms with Crippen LogP contribution >= 0.6 is 0 Å². The smallest absolute Gasteiger partial charge is 0.259 e. The van der Waals surface area contributed by atoms with Crippen molar-refractivity contribution >= 4 is 11.7 Å². The van der Waals surface area contributed by atoms with E-state index in [0.717, 1.165) is 11.3 Å². The monoisotopic (exact) mass is 274 g/mol. The maximum Gasteiger partial charge on any atom is 0.259 e. The summed E-state index contributed by atoms with van der Waals surface area (Å²) < 4.78 is 5.10. The SMILES string of the molecule is COc1ccc(CN(C)C(=O)c2c(N)n[nH]c2C)cc1. The van der Waals surface area contributed by atoms with Crippen molar-refractivity contribution in [2.45, 2.75) is 13.5 Å². The van der Waals surface area contributed by atoms with E-state index in [9.17, 15) is 4.79 Å². The first-order valence-corrected chi connectivity index (χ1v) is 6.21. The van der Waals surface area contributed by atoms with Crippen LogP contribution in [0.2, 0.25) is 0 Å². The minimum atomic E-state index is -0.149. The molecule has 2 aromatic rings. The van der Waals surface area contributed by atoms with E-state index in [-0.39, 0.29) is 11.7 Å². The molecule has 0 saturated heterocycles. The van der Waals surface area contributed by atoms with Crippen LogP contribution in [0.5, 0.6) is 5.75 Å². The fourth-order valence-electron chi connectivity index (χ4n) is 1.99. The Hall–Kier alpha value is -2.50. The van der Waals surface area contributed by atoms with Crippen LogP contribution in [0.1, 0.15) is 21.6 Å². The number of H-pyrrole nitrogens is 1. The van der Waals surface area contributed by atoms with Gasteiger partial charge in [-0.3, -0.25) is 9.89 Å². The molecule has 20 heavy (non-hydrogen) atoms. The van der Waals surface area contributed by atoms with Gasteiger partial charge in [-0.05, 0) is 24.6 Å². The van der Waals surface area contributed by atoms with Gasteiger partial charge in [0.1, 0.15) is 11.3 Å². The Bertz CT molecular complexity index is 585. The van der Waals surface area contributed by atoms with E-state index in [2.05, 4.69) is 10.2 Å². The number of anilines is 1. The van der Waals surface area contributed by atoms with Crippen LogP contribution < -0.4 is 10.5 Å². The molecule has 0 fully saturated rings. The molecular formula is C14H18N4O2. The molecule has 2 rings (SSSR count). The molecule has 0 aliphatic heterocycles. The zero-order valence-corrected chi connectivity index (χ0v) is 11.8. The molecule has 106 valence electrons. The van der Waals surface area contributed by atoms with E-state index in [1.807, 2.05) is 24.3 Å². The van der Waals surface area contributed by atoms with Crippen molar-refractivity contribution < 1.29 is 9.53 Å². The summed E-state index contributed by atoms with van der Waals surface area (Å²) in [5.41, 5.74) is 7.83. The lowest BCUT2D eigenvalue weighted by molar-refractivity contribution is 0.0785. The number of hydrogen-bond acceptors (Lipinski definition) is 4. The maximum atomic E-state index is 12.3. The molecule has 0 saturated carbocycles. The second-order valence-corrected chi connectivity index (χ2v) is 4.62. The van der Waals surface area contributed by atoms with Crippen molar-refractivity contribution in [3.63, 3.8) is 0 Å². The van der Waals surface area contributed by atoms with Gasteiger partial charge in [-0.25, -0.2) is 0 Å². The quantitative estimate of drug-likeness (QED) is 0.886. The minimum Gasteiger partial charge on any atom is -0.497 e. The van der Waals surface area contributed by atoms with Gasteiger partial charge in [0.25, 0.3) is 5.91 Å². The number of nitrogens with one attached hydrogen (secondary N) is 1. The van der Waals surface area contributed by atoms with Gasteiger partial charge in [0.2, 0.25) is 0 Å². The Balaban J connectivity index is 2.11. The van der Waals surface area contributed by atoms with E-state index in [1.54, 1.807) is 26.0 Å².